The molecule has 0 bridgehead atoms. The zero-order valence-corrected chi connectivity index (χ0v) is 10.8. The second kappa shape index (κ2) is 6.00. The number of pyridine rings is 1. The summed E-state index contributed by atoms with van der Waals surface area (Å²) in [6.07, 6.45) is 8.43. The van der Waals surface area contributed by atoms with E-state index in [9.17, 15) is 10.1 Å². The van der Waals surface area contributed by atoms with Crippen LogP contribution in [-0.2, 0) is 0 Å². The molecule has 0 aromatic carbocycles. The van der Waals surface area contributed by atoms with Gasteiger partial charge < -0.3 is 5.32 Å². The van der Waals surface area contributed by atoms with Crippen molar-refractivity contribution >= 4 is 23.1 Å². The van der Waals surface area contributed by atoms with E-state index in [1.807, 2.05) is 0 Å². The van der Waals surface area contributed by atoms with Gasteiger partial charge in [-0.2, -0.15) is 0 Å². The summed E-state index contributed by atoms with van der Waals surface area (Å²) < 4.78 is 0. The molecule has 0 saturated heterocycles. The third-order valence-electron chi connectivity index (χ3n) is 3.23. The second-order valence-electron chi connectivity index (χ2n) is 4.61. The summed E-state index contributed by atoms with van der Waals surface area (Å²) in [7, 11) is 0. The van der Waals surface area contributed by atoms with Crippen LogP contribution in [0.5, 0.6) is 0 Å². The largest absolute Gasteiger partial charge is 0.366 e. The molecule has 0 amide bonds. The summed E-state index contributed by atoms with van der Waals surface area (Å²) in [6.45, 7) is 0. The molecule has 1 saturated carbocycles. The summed E-state index contributed by atoms with van der Waals surface area (Å²) in [6, 6.07) is 1.71. The number of aromatic nitrogens is 1. The third-order valence-corrected chi connectivity index (χ3v) is 3.52. The average Bonchev–Trinajstić information content (AvgIpc) is 2.60. The zero-order valence-electron chi connectivity index (χ0n) is 10.1. The normalized spacial score (nSPS) is 17.2. The number of nitrogens with zero attached hydrogens (tertiary/aromatic N) is 2. The van der Waals surface area contributed by atoms with Gasteiger partial charge in [-0.15, -0.1) is 0 Å². The molecule has 1 aliphatic rings. The van der Waals surface area contributed by atoms with Crippen molar-refractivity contribution in [1.29, 1.82) is 0 Å². The Morgan fingerprint density at radius 3 is 2.56 bits per heavy atom. The fourth-order valence-corrected chi connectivity index (χ4v) is 2.47. The summed E-state index contributed by atoms with van der Waals surface area (Å²) in [5, 5.41) is 14.2. The Morgan fingerprint density at radius 1 is 1.33 bits per heavy atom. The predicted octanol–water partition coefficient (Wildman–Crippen LogP) is 3.78. The fourth-order valence-electron chi connectivity index (χ4n) is 2.25. The maximum atomic E-state index is 10.6. The van der Waals surface area contributed by atoms with Gasteiger partial charge in [0.25, 0.3) is 5.69 Å². The average molecular weight is 270 g/mol. The topological polar surface area (TPSA) is 68.1 Å². The van der Waals surface area contributed by atoms with Crippen LogP contribution >= 0.6 is 11.6 Å². The number of nitro groups is 1. The van der Waals surface area contributed by atoms with Crippen molar-refractivity contribution in [3.05, 3.63) is 27.4 Å². The van der Waals surface area contributed by atoms with Crippen LogP contribution in [0, 0.1) is 10.1 Å². The molecule has 1 N–H and O–H groups in total. The van der Waals surface area contributed by atoms with E-state index in [2.05, 4.69) is 10.3 Å². The van der Waals surface area contributed by atoms with E-state index >= 15 is 0 Å². The van der Waals surface area contributed by atoms with E-state index in [1.54, 1.807) is 0 Å². The van der Waals surface area contributed by atoms with Crippen molar-refractivity contribution in [3.63, 3.8) is 0 Å². The Hall–Kier alpha value is -1.36. The minimum Gasteiger partial charge on any atom is -0.366 e. The number of nitrogens with one attached hydrogen (secondary N) is 1. The van der Waals surface area contributed by atoms with Crippen LogP contribution in [0.4, 0.5) is 11.5 Å². The first kappa shape index (κ1) is 13.1. The van der Waals surface area contributed by atoms with Crippen LogP contribution in [-0.4, -0.2) is 15.9 Å². The van der Waals surface area contributed by atoms with E-state index < -0.39 is 4.92 Å². The van der Waals surface area contributed by atoms with E-state index in [1.165, 1.54) is 37.9 Å². The highest BCUT2D eigenvalue weighted by Crippen LogP contribution is 2.27. The summed E-state index contributed by atoms with van der Waals surface area (Å²) in [5.41, 5.74) is -0.0774. The van der Waals surface area contributed by atoms with Gasteiger partial charge in [0.1, 0.15) is 12.0 Å². The maximum Gasteiger partial charge on any atom is 0.289 e. The van der Waals surface area contributed by atoms with Gasteiger partial charge in [-0.05, 0) is 12.8 Å². The standard InChI is InChI=1S/C12H16ClN3O2/c13-11-7-10(16(17)18)8-14-12(11)15-9-5-3-1-2-4-6-9/h7-9H,1-6H2,(H,14,15). The van der Waals surface area contributed by atoms with Crippen LogP contribution in [0.15, 0.2) is 12.3 Å². The molecule has 98 valence electrons. The lowest BCUT2D eigenvalue weighted by molar-refractivity contribution is -0.385. The third kappa shape index (κ3) is 3.32. The molecule has 0 aliphatic heterocycles. The Balaban J connectivity index is 2.06. The second-order valence-corrected chi connectivity index (χ2v) is 5.02. The minimum absolute atomic E-state index is 0.0774. The van der Waals surface area contributed by atoms with Crippen molar-refractivity contribution in [1.82, 2.24) is 4.98 Å². The van der Waals surface area contributed by atoms with Crippen LogP contribution in [0.3, 0.4) is 0 Å². The molecule has 0 spiro atoms. The van der Waals surface area contributed by atoms with E-state index in [4.69, 9.17) is 11.6 Å². The first-order valence-corrected chi connectivity index (χ1v) is 6.61. The van der Waals surface area contributed by atoms with Gasteiger partial charge in [-0.25, -0.2) is 4.98 Å². The summed E-state index contributed by atoms with van der Waals surface area (Å²) in [5.74, 6) is 0.550. The summed E-state index contributed by atoms with van der Waals surface area (Å²) >= 11 is 6.00. The highest BCUT2D eigenvalue weighted by molar-refractivity contribution is 6.33. The van der Waals surface area contributed by atoms with Crippen molar-refractivity contribution < 1.29 is 4.92 Å². The van der Waals surface area contributed by atoms with E-state index in [-0.39, 0.29) is 5.69 Å². The molecule has 1 fully saturated rings. The van der Waals surface area contributed by atoms with Crippen LogP contribution in [0.2, 0.25) is 5.02 Å². The first-order valence-electron chi connectivity index (χ1n) is 6.23. The quantitative estimate of drug-likeness (QED) is 0.515. The monoisotopic (exact) mass is 269 g/mol. The van der Waals surface area contributed by atoms with Crippen molar-refractivity contribution in [3.8, 4) is 0 Å². The molecule has 0 unspecified atom stereocenters. The maximum absolute atomic E-state index is 10.6. The van der Waals surface area contributed by atoms with Crippen LogP contribution in [0.1, 0.15) is 38.5 Å². The van der Waals surface area contributed by atoms with Gasteiger partial charge in [-0.1, -0.05) is 37.3 Å². The van der Waals surface area contributed by atoms with Gasteiger partial charge in [0.05, 0.1) is 9.95 Å². The lowest BCUT2D eigenvalue weighted by atomic mass is 10.1. The minimum atomic E-state index is -0.492. The van der Waals surface area contributed by atoms with Crippen LogP contribution < -0.4 is 5.32 Å². The molecular formula is C12H16ClN3O2. The lowest BCUT2D eigenvalue weighted by Crippen LogP contribution is -2.19. The molecule has 0 atom stereocenters. The molecule has 1 aliphatic carbocycles. The Kier molecular flexibility index (Phi) is 4.36. The van der Waals surface area contributed by atoms with Crippen molar-refractivity contribution in [2.45, 2.75) is 44.6 Å². The van der Waals surface area contributed by atoms with Gasteiger partial charge >= 0.3 is 0 Å². The van der Waals surface area contributed by atoms with E-state index in [0.29, 0.717) is 16.9 Å². The van der Waals surface area contributed by atoms with Gasteiger partial charge in [0.2, 0.25) is 0 Å². The Morgan fingerprint density at radius 2 is 2.00 bits per heavy atom. The highest BCUT2D eigenvalue weighted by atomic mass is 35.5. The number of halogens is 1. The smallest absolute Gasteiger partial charge is 0.289 e. The molecule has 0 radical (unpaired) electrons. The van der Waals surface area contributed by atoms with Gasteiger partial charge in [0, 0.05) is 12.1 Å². The van der Waals surface area contributed by atoms with Gasteiger partial charge in [-0.3, -0.25) is 10.1 Å². The van der Waals surface area contributed by atoms with Crippen LogP contribution in [0.25, 0.3) is 0 Å². The fraction of sp³-hybridized carbons (Fsp3) is 0.583. The molecule has 18 heavy (non-hydrogen) atoms. The Labute approximate surface area is 111 Å². The lowest BCUT2D eigenvalue weighted by Gasteiger charge is -2.17. The molecular weight excluding hydrogens is 254 g/mol. The Bertz CT molecular complexity index is 431. The first-order chi connectivity index (χ1) is 8.66. The van der Waals surface area contributed by atoms with Crippen molar-refractivity contribution in [2.24, 2.45) is 0 Å². The van der Waals surface area contributed by atoms with E-state index in [0.717, 1.165) is 12.8 Å². The zero-order chi connectivity index (χ0) is 13.0. The molecule has 1 heterocycles. The number of hydrogen-bond acceptors (Lipinski definition) is 4. The summed E-state index contributed by atoms with van der Waals surface area (Å²) in [4.78, 5) is 14.1. The van der Waals surface area contributed by atoms with Gasteiger partial charge in [0.15, 0.2) is 0 Å². The molecule has 2 rings (SSSR count). The highest BCUT2D eigenvalue weighted by Gasteiger charge is 2.16. The number of hydrogen-bond donors (Lipinski definition) is 1. The number of anilines is 1. The number of rotatable bonds is 3. The molecule has 6 heteroatoms. The molecule has 5 nitrogen and oxygen atoms in total. The molecule has 1 aromatic heterocycles. The SMILES string of the molecule is O=[N+]([O-])c1cnc(NC2CCCCCC2)c(Cl)c1. The predicted molar refractivity (Wildman–Crippen MR) is 71.0 cm³/mol. The molecule has 1 aromatic rings. The van der Waals surface area contributed by atoms with Crippen molar-refractivity contribution in [2.75, 3.05) is 5.32 Å².